The summed E-state index contributed by atoms with van der Waals surface area (Å²) in [5.41, 5.74) is 2.08. The average Bonchev–Trinajstić information content (AvgIpc) is 3.21. The van der Waals surface area contributed by atoms with Crippen LogP contribution in [0.1, 0.15) is 23.6 Å². The fourth-order valence-corrected chi connectivity index (χ4v) is 3.88. The maximum atomic E-state index is 13.2. The quantitative estimate of drug-likeness (QED) is 0.842. The van der Waals surface area contributed by atoms with E-state index >= 15 is 0 Å². The van der Waals surface area contributed by atoms with Gasteiger partial charge in [-0.25, -0.2) is 12.8 Å². The van der Waals surface area contributed by atoms with E-state index in [-0.39, 0.29) is 12.6 Å². The van der Waals surface area contributed by atoms with Crippen molar-refractivity contribution in [3.8, 4) is 11.5 Å². The standard InChI is InChI=1S/C17H15FN2O4S/c1-25(21,22)20-15(11-2-5-13(18)6-3-11)9-14(19-20)12-4-7-16-17(8-12)24-10-23-16/h2-8,15H,9-10H2,1H3. The van der Waals surface area contributed by atoms with E-state index < -0.39 is 16.1 Å². The Kier molecular flexibility index (Phi) is 3.64. The molecule has 25 heavy (non-hydrogen) atoms. The van der Waals surface area contributed by atoms with Crippen LogP contribution < -0.4 is 9.47 Å². The molecule has 0 spiro atoms. The van der Waals surface area contributed by atoms with Crippen molar-refractivity contribution in [2.24, 2.45) is 5.10 Å². The van der Waals surface area contributed by atoms with E-state index in [1.54, 1.807) is 24.3 Å². The second-order valence-electron chi connectivity index (χ2n) is 5.92. The molecule has 1 atom stereocenters. The Hall–Kier alpha value is -2.61. The SMILES string of the molecule is CS(=O)(=O)N1N=C(c2ccc3c(c2)OCO3)CC1c1ccc(F)cc1. The lowest BCUT2D eigenvalue weighted by Crippen LogP contribution is -2.25. The van der Waals surface area contributed by atoms with Crippen LogP contribution in [0.5, 0.6) is 11.5 Å². The molecule has 0 aliphatic carbocycles. The Bertz CT molecular complexity index is 957. The van der Waals surface area contributed by atoms with Gasteiger partial charge in [-0.15, -0.1) is 0 Å². The van der Waals surface area contributed by atoms with Gasteiger partial charge in [-0.2, -0.15) is 9.52 Å². The van der Waals surface area contributed by atoms with Crippen LogP contribution in [0.3, 0.4) is 0 Å². The van der Waals surface area contributed by atoms with E-state index in [0.717, 1.165) is 16.2 Å². The van der Waals surface area contributed by atoms with E-state index in [2.05, 4.69) is 5.10 Å². The molecular weight excluding hydrogens is 347 g/mol. The minimum absolute atomic E-state index is 0.166. The Morgan fingerprint density at radius 1 is 1.12 bits per heavy atom. The molecule has 2 heterocycles. The summed E-state index contributed by atoms with van der Waals surface area (Å²) in [6, 6.07) is 10.7. The van der Waals surface area contributed by atoms with Gasteiger partial charge in [-0.05, 0) is 35.9 Å². The van der Waals surface area contributed by atoms with Gasteiger partial charge in [0.2, 0.25) is 16.8 Å². The van der Waals surface area contributed by atoms with Crippen molar-refractivity contribution in [2.75, 3.05) is 13.0 Å². The molecule has 0 saturated carbocycles. The maximum absolute atomic E-state index is 13.2. The topological polar surface area (TPSA) is 68.2 Å². The highest BCUT2D eigenvalue weighted by Gasteiger charge is 2.34. The molecule has 0 amide bonds. The molecule has 4 rings (SSSR count). The van der Waals surface area contributed by atoms with Gasteiger partial charge in [0.15, 0.2) is 11.5 Å². The predicted molar refractivity (Wildman–Crippen MR) is 89.5 cm³/mol. The van der Waals surface area contributed by atoms with Gasteiger partial charge in [0, 0.05) is 12.0 Å². The number of nitrogens with zero attached hydrogens (tertiary/aromatic N) is 2. The third-order valence-corrected chi connectivity index (χ3v) is 5.19. The molecule has 0 aromatic heterocycles. The highest BCUT2D eigenvalue weighted by molar-refractivity contribution is 7.88. The normalized spacial score (nSPS) is 19.2. The van der Waals surface area contributed by atoms with E-state index in [9.17, 15) is 12.8 Å². The van der Waals surface area contributed by atoms with Crippen LogP contribution in [0.15, 0.2) is 47.6 Å². The summed E-state index contributed by atoms with van der Waals surface area (Å²) >= 11 is 0. The Morgan fingerprint density at radius 2 is 1.84 bits per heavy atom. The zero-order valence-electron chi connectivity index (χ0n) is 13.3. The van der Waals surface area contributed by atoms with Gasteiger partial charge in [-0.1, -0.05) is 12.1 Å². The molecule has 2 aliphatic rings. The van der Waals surface area contributed by atoms with E-state index in [4.69, 9.17) is 9.47 Å². The molecule has 2 aromatic rings. The first-order chi connectivity index (χ1) is 11.9. The Balaban J connectivity index is 1.71. The molecule has 130 valence electrons. The number of benzene rings is 2. The van der Waals surface area contributed by atoms with Gasteiger partial charge < -0.3 is 9.47 Å². The Morgan fingerprint density at radius 3 is 2.56 bits per heavy atom. The molecule has 0 N–H and O–H groups in total. The average molecular weight is 362 g/mol. The van der Waals surface area contributed by atoms with Crippen LogP contribution in [-0.4, -0.2) is 31.6 Å². The number of halogens is 1. The second kappa shape index (κ2) is 5.73. The number of ether oxygens (including phenoxy) is 2. The first kappa shape index (κ1) is 15.9. The summed E-state index contributed by atoms with van der Waals surface area (Å²) in [5, 5.41) is 4.31. The molecule has 1 unspecified atom stereocenters. The minimum Gasteiger partial charge on any atom is -0.454 e. The van der Waals surface area contributed by atoms with Crippen LogP contribution in [0.25, 0.3) is 0 Å². The van der Waals surface area contributed by atoms with Crippen molar-refractivity contribution >= 4 is 15.7 Å². The largest absolute Gasteiger partial charge is 0.454 e. The van der Waals surface area contributed by atoms with Crippen LogP contribution in [0, 0.1) is 5.82 Å². The number of rotatable bonds is 3. The summed E-state index contributed by atoms with van der Waals surface area (Å²) in [7, 11) is -3.57. The fraction of sp³-hybridized carbons (Fsp3) is 0.235. The molecule has 2 aromatic carbocycles. The number of hydrogen-bond acceptors (Lipinski definition) is 5. The Labute approximate surface area is 144 Å². The fourth-order valence-electron chi connectivity index (χ4n) is 2.98. The van der Waals surface area contributed by atoms with Gasteiger partial charge in [0.05, 0.1) is 18.0 Å². The van der Waals surface area contributed by atoms with E-state index in [0.29, 0.717) is 29.2 Å². The van der Waals surface area contributed by atoms with E-state index in [1.165, 1.54) is 12.1 Å². The monoisotopic (exact) mass is 362 g/mol. The van der Waals surface area contributed by atoms with Gasteiger partial charge >= 0.3 is 0 Å². The highest BCUT2D eigenvalue weighted by atomic mass is 32.2. The molecule has 0 radical (unpaired) electrons. The van der Waals surface area contributed by atoms with Crippen molar-refractivity contribution < 1.29 is 22.3 Å². The van der Waals surface area contributed by atoms with Gasteiger partial charge in [0.1, 0.15) is 5.82 Å². The number of fused-ring (bicyclic) bond motifs is 1. The summed E-state index contributed by atoms with van der Waals surface area (Å²) in [5.74, 6) is 0.887. The molecule has 8 heteroatoms. The lowest BCUT2D eigenvalue weighted by Gasteiger charge is -2.21. The lowest BCUT2D eigenvalue weighted by molar-refractivity contribution is 0.174. The predicted octanol–water partition coefficient (Wildman–Crippen LogP) is 2.67. The first-order valence-electron chi connectivity index (χ1n) is 7.64. The summed E-state index contributed by atoms with van der Waals surface area (Å²) in [6.07, 6.45) is 1.49. The second-order valence-corrected chi connectivity index (χ2v) is 7.76. The zero-order chi connectivity index (χ0) is 17.6. The van der Waals surface area contributed by atoms with E-state index in [1.807, 2.05) is 6.07 Å². The van der Waals surface area contributed by atoms with Crippen LogP contribution in [-0.2, 0) is 10.0 Å². The smallest absolute Gasteiger partial charge is 0.247 e. The molecule has 2 aliphatic heterocycles. The van der Waals surface area contributed by atoms with Crippen LogP contribution in [0.2, 0.25) is 0 Å². The lowest BCUT2D eigenvalue weighted by atomic mass is 9.99. The molecule has 6 nitrogen and oxygen atoms in total. The third-order valence-electron chi connectivity index (χ3n) is 4.17. The van der Waals surface area contributed by atoms with Crippen molar-refractivity contribution in [2.45, 2.75) is 12.5 Å². The molecular formula is C17H15FN2O4S. The van der Waals surface area contributed by atoms with Crippen LogP contribution in [0.4, 0.5) is 4.39 Å². The zero-order valence-corrected chi connectivity index (χ0v) is 14.2. The third kappa shape index (κ3) is 2.93. The number of hydrazone groups is 1. The first-order valence-corrected chi connectivity index (χ1v) is 9.49. The maximum Gasteiger partial charge on any atom is 0.247 e. The highest BCUT2D eigenvalue weighted by Crippen LogP contribution is 2.37. The summed E-state index contributed by atoms with van der Waals surface area (Å²) in [6.45, 7) is 0.166. The summed E-state index contributed by atoms with van der Waals surface area (Å²) in [4.78, 5) is 0. The van der Waals surface area contributed by atoms with Crippen molar-refractivity contribution in [3.05, 3.63) is 59.4 Å². The number of sulfonamides is 1. The van der Waals surface area contributed by atoms with Crippen molar-refractivity contribution in [1.29, 1.82) is 0 Å². The van der Waals surface area contributed by atoms with Gasteiger partial charge in [-0.3, -0.25) is 0 Å². The van der Waals surface area contributed by atoms with Gasteiger partial charge in [0.25, 0.3) is 0 Å². The molecule has 0 bridgehead atoms. The molecule has 0 fully saturated rings. The molecule has 0 saturated heterocycles. The van der Waals surface area contributed by atoms with Crippen LogP contribution >= 0.6 is 0 Å². The number of hydrogen-bond donors (Lipinski definition) is 0. The van der Waals surface area contributed by atoms with Crippen molar-refractivity contribution in [3.63, 3.8) is 0 Å². The minimum atomic E-state index is -3.57. The van der Waals surface area contributed by atoms with Crippen molar-refractivity contribution in [1.82, 2.24) is 4.41 Å². The summed E-state index contributed by atoms with van der Waals surface area (Å²) < 4.78 is 49.2.